The summed E-state index contributed by atoms with van der Waals surface area (Å²) in [6.45, 7) is 16.3. The number of nitriles is 1. The number of nitrogens with zero attached hydrogens (tertiary/aromatic N) is 2. The molecular weight excluding hydrogens is 1780 g/mol. The number of benzene rings is 10. The van der Waals surface area contributed by atoms with E-state index in [0.29, 0.717) is 133 Å². The molecule has 0 bridgehead atoms. The Kier molecular flexibility index (Phi) is 43.6. The van der Waals surface area contributed by atoms with Crippen molar-refractivity contribution in [3.8, 4) is 87.9 Å². The fraction of sp³-hybridized carbons (Fsp3) is 0.381. The number of nitrogens with one attached hydrogen (secondary N) is 2. The van der Waals surface area contributed by atoms with Gasteiger partial charge in [-0.3, -0.25) is 9.59 Å². The zero-order valence-electron chi connectivity index (χ0n) is 82.1. The smallest absolute Gasteiger partial charge is 0.343 e. The quantitative estimate of drug-likeness (QED) is 0.00899. The van der Waals surface area contributed by atoms with Gasteiger partial charge in [0.05, 0.1) is 131 Å². The maximum Gasteiger partial charge on any atom is 0.343 e. The average molecular weight is 1910 g/mol. The Morgan fingerprint density at radius 1 is 0.407 bits per heavy atom. The molecule has 22 heteroatoms. The Balaban J connectivity index is 0.819. The van der Waals surface area contributed by atoms with Gasteiger partial charge in [0.2, 0.25) is 0 Å². The lowest BCUT2D eigenvalue weighted by molar-refractivity contribution is -0.183. The van der Waals surface area contributed by atoms with Crippen molar-refractivity contribution in [2.45, 2.75) is 207 Å². The molecular formula is C118H131N4O17P. The number of esters is 2. The van der Waals surface area contributed by atoms with Gasteiger partial charge in [-0.15, -0.1) is 0 Å². The summed E-state index contributed by atoms with van der Waals surface area (Å²) < 4.78 is 83.6. The molecule has 1 atom stereocenters. The largest absolute Gasteiger partial charge is 0.497 e. The molecule has 0 saturated carbocycles. The zero-order valence-corrected chi connectivity index (χ0v) is 83.0. The van der Waals surface area contributed by atoms with Gasteiger partial charge in [-0.2, -0.15) is 5.26 Å². The Hall–Kier alpha value is -12.9. The molecule has 140 heavy (non-hydrogen) atoms. The van der Waals surface area contributed by atoms with Gasteiger partial charge in [-0.25, -0.2) is 14.3 Å². The topological polar surface area (TPSA) is 239 Å². The lowest BCUT2D eigenvalue weighted by Gasteiger charge is -2.36. The predicted molar refractivity (Wildman–Crippen MR) is 547 cm³/mol. The molecule has 2 fully saturated rings. The van der Waals surface area contributed by atoms with E-state index in [1.54, 1.807) is 93.1 Å². The monoisotopic (exact) mass is 1910 g/mol. The van der Waals surface area contributed by atoms with E-state index in [2.05, 4.69) is 110 Å². The summed E-state index contributed by atoms with van der Waals surface area (Å²) in [6.07, 6.45) is 18.6. The number of methoxy groups -OCH3 is 2. The third-order valence-corrected chi connectivity index (χ3v) is 25.7. The molecule has 0 radical (unpaired) electrons. The molecule has 2 aliphatic rings. The molecule has 12 rings (SSSR count). The molecule has 2 heterocycles. The normalized spacial score (nSPS) is 12.8. The minimum absolute atomic E-state index is 0.00652. The minimum atomic E-state index is -1.50. The molecule has 2 saturated heterocycles. The maximum atomic E-state index is 15.0. The first kappa shape index (κ1) is 106. The van der Waals surface area contributed by atoms with Gasteiger partial charge >= 0.3 is 11.9 Å². The number of carbonyl (C=O) groups excluding carboxylic acids is 4. The summed E-state index contributed by atoms with van der Waals surface area (Å²) in [5.74, 6) is 27.2. The highest BCUT2D eigenvalue weighted by Gasteiger charge is 2.39. The van der Waals surface area contributed by atoms with Crippen LogP contribution in [0, 0.1) is 58.7 Å². The third kappa shape index (κ3) is 32.1. The number of carbonyl (C=O) groups is 4. The number of hydrogen-bond donors (Lipinski definition) is 2. The van der Waals surface area contributed by atoms with E-state index < -0.39 is 50.5 Å². The maximum absolute atomic E-state index is 15.0. The molecule has 10 aromatic rings. The van der Waals surface area contributed by atoms with Crippen molar-refractivity contribution in [3.05, 3.63) is 319 Å². The summed E-state index contributed by atoms with van der Waals surface area (Å²) in [6, 6.07) is 71.1. The summed E-state index contributed by atoms with van der Waals surface area (Å²) >= 11 is 0. The van der Waals surface area contributed by atoms with Crippen LogP contribution in [0.2, 0.25) is 0 Å². The van der Waals surface area contributed by atoms with Gasteiger partial charge in [0.25, 0.3) is 20.3 Å². The second-order valence-electron chi connectivity index (χ2n) is 34.8. The van der Waals surface area contributed by atoms with Gasteiger partial charge in [-0.1, -0.05) is 242 Å². The lowest BCUT2D eigenvalue weighted by Crippen LogP contribution is -2.34. The fourth-order valence-corrected chi connectivity index (χ4v) is 17.9. The van der Waals surface area contributed by atoms with Crippen molar-refractivity contribution in [1.82, 2.24) is 15.3 Å². The van der Waals surface area contributed by atoms with E-state index >= 15 is 4.79 Å². The lowest BCUT2D eigenvalue weighted by atomic mass is 9.80. The van der Waals surface area contributed by atoms with Crippen molar-refractivity contribution in [1.29, 1.82) is 5.26 Å². The highest BCUT2D eigenvalue weighted by molar-refractivity contribution is 7.44. The van der Waals surface area contributed by atoms with Crippen LogP contribution < -0.4 is 39.1 Å². The molecule has 0 aromatic heterocycles. The molecule has 0 spiro atoms. The molecule has 730 valence electrons. The summed E-state index contributed by atoms with van der Waals surface area (Å²) in [4.78, 5) is 57.8. The molecule has 21 nitrogen and oxygen atoms in total. The van der Waals surface area contributed by atoms with E-state index in [1.807, 2.05) is 146 Å². The van der Waals surface area contributed by atoms with Crippen molar-refractivity contribution in [2.24, 2.45) is 0 Å². The van der Waals surface area contributed by atoms with Crippen LogP contribution in [0.3, 0.4) is 0 Å². The standard InChI is InChI=1S/C118H131N4O17P/c1-9-11-13-15-17-19-21-32-72-129-108-86-98(60-58-92-51-47-90(48-52-92)54-56-94-82-105(113(124)121-71-36-80-137-140(136-79-34-69-119)122(87(3)4)88(5)6)111(107(84-94)117-133-76-38-77-134-117)139-115(126)96-41-28-24-29-42-96)109(130-73-33-22-20-18-16-14-12-10-2)85-97(108)59-57-91-49-45-89(46-50-91)53-55-93-81-104(110(106(83-93)116-131-74-37-75-132-116)138-114(125)95-39-26-23-27-40-95)112(123)120-70-35-78-135-118(99-43-30-25-31-44-99,100-61-65-102(127-7)66-62-100)101-63-67-103(128-8)68-64-101/h23-31,39-52,61-68,81-88,116-117H,9-22,32-38,70-80H2,1-8H3,(H,120,123)(H,121,124). The predicted octanol–water partition coefficient (Wildman–Crippen LogP) is 24.2. The van der Waals surface area contributed by atoms with Gasteiger partial charge in [0.15, 0.2) is 24.1 Å². The second kappa shape index (κ2) is 57.6. The van der Waals surface area contributed by atoms with Crippen molar-refractivity contribution in [3.63, 3.8) is 0 Å². The molecule has 2 aliphatic heterocycles. The summed E-state index contributed by atoms with van der Waals surface area (Å²) in [5.41, 5.74) is 7.87. The van der Waals surface area contributed by atoms with Crippen LogP contribution in [0.15, 0.2) is 224 Å². The van der Waals surface area contributed by atoms with Crippen LogP contribution in [-0.4, -0.2) is 127 Å². The van der Waals surface area contributed by atoms with E-state index in [9.17, 15) is 19.6 Å². The van der Waals surface area contributed by atoms with Crippen LogP contribution in [0.5, 0.6) is 34.5 Å². The Labute approximate surface area is 828 Å². The minimum Gasteiger partial charge on any atom is -0.497 e. The first-order valence-electron chi connectivity index (χ1n) is 49.4. The van der Waals surface area contributed by atoms with Gasteiger partial charge in [-0.05, 0) is 204 Å². The van der Waals surface area contributed by atoms with Crippen LogP contribution in [-0.2, 0) is 38.3 Å². The Morgan fingerprint density at radius 2 is 0.764 bits per heavy atom. The Bertz CT molecular complexity index is 5810. The number of unbranched alkanes of at least 4 members (excludes halogenated alkanes) is 14. The third-order valence-electron chi connectivity index (χ3n) is 23.6. The molecule has 10 aromatic carbocycles. The average Bonchev–Trinajstić information content (AvgIpc) is 0.751. The first-order valence-corrected chi connectivity index (χ1v) is 50.5. The number of amides is 2. The van der Waals surface area contributed by atoms with Gasteiger partial charge < -0.3 is 71.8 Å². The zero-order chi connectivity index (χ0) is 98.3. The molecule has 1 unspecified atom stereocenters. The van der Waals surface area contributed by atoms with Gasteiger partial charge in [0.1, 0.15) is 28.6 Å². The first-order chi connectivity index (χ1) is 68.6. The highest BCUT2D eigenvalue weighted by Crippen LogP contribution is 2.47. The fourth-order valence-electron chi connectivity index (χ4n) is 16.3. The van der Waals surface area contributed by atoms with Crippen molar-refractivity contribution >= 4 is 32.3 Å². The van der Waals surface area contributed by atoms with Crippen molar-refractivity contribution in [2.75, 3.05) is 86.8 Å². The van der Waals surface area contributed by atoms with E-state index in [1.165, 1.54) is 64.2 Å². The van der Waals surface area contributed by atoms with Gasteiger partial charge in [0, 0.05) is 70.7 Å². The number of rotatable bonds is 49. The molecule has 2 amide bonds. The second-order valence-corrected chi connectivity index (χ2v) is 36.3. The number of ether oxygens (including phenoxy) is 11. The molecule has 2 N–H and O–H groups in total. The van der Waals surface area contributed by atoms with E-state index in [4.69, 9.17) is 61.2 Å². The highest BCUT2D eigenvalue weighted by atomic mass is 31.2. The van der Waals surface area contributed by atoms with Crippen LogP contribution in [0.4, 0.5) is 0 Å². The van der Waals surface area contributed by atoms with E-state index in [0.717, 1.165) is 66.3 Å². The van der Waals surface area contributed by atoms with Crippen LogP contribution in [0.1, 0.15) is 303 Å². The van der Waals surface area contributed by atoms with E-state index in [-0.39, 0.29) is 85.2 Å². The summed E-state index contributed by atoms with van der Waals surface area (Å²) in [5, 5.41) is 15.4. The van der Waals surface area contributed by atoms with Crippen LogP contribution >= 0.6 is 8.53 Å². The summed E-state index contributed by atoms with van der Waals surface area (Å²) in [7, 11) is 1.77. The number of hydrogen-bond acceptors (Lipinski definition) is 19. The van der Waals surface area contributed by atoms with Crippen LogP contribution in [0.25, 0.3) is 0 Å². The molecule has 0 aliphatic carbocycles. The van der Waals surface area contributed by atoms with Crippen molar-refractivity contribution < 1.29 is 80.3 Å². The Morgan fingerprint density at radius 3 is 1.15 bits per heavy atom. The SMILES string of the molecule is CCCCCCCCCCOc1cc(C#Cc2ccc(C#Cc3cc(C(=O)NCCCOC(c4ccccc4)(c4ccc(OC)cc4)c4ccc(OC)cc4)c(OC(=O)c4ccccc4)c(C4OCCCO4)c3)cc2)c(OCCCCCCCCCC)cc1C#Cc1ccc(C#Cc2cc(C(=O)NCCCOP(OCCC#N)N(C(C)C)C(C)C)c(OC(=O)c3ccccc3)c(C3OCCCO3)c2)cc1.